The molecular weight excluding hydrogens is 275 g/mol. The van der Waals surface area contributed by atoms with E-state index >= 15 is 0 Å². The molecule has 0 aliphatic carbocycles. The predicted molar refractivity (Wildman–Crippen MR) is 84.2 cm³/mol. The molecule has 0 radical (unpaired) electrons. The lowest BCUT2D eigenvalue weighted by atomic mass is 9.97. The van der Waals surface area contributed by atoms with E-state index < -0.39 is 5.82 Å². The quantitative estimate of drug-likeness (QED) is 0.756. The molecule has 20 heavy (non-hydrogen) atoms. The van der Waals surface area contributed by atoms with Gasteiger partial charge in [0.25, 0.3) is 0 Å². The Hall–Kier alpha value is -1.49. The zero-order chi connectivity index (χ0) is 15.1. The first kappa shape index (κ1) is 16.6. The third-order valence-corrected chi connectivity index (χ3v) is 3.36. The van der Waals surface area contributed by atoms with Crippen LogP contribution in [-0.4, -0.2) is 10.9 Å². The molecule has 0 fully saturated rings. The molecule has 0 spiro atoms. The number of rotatable bonds is 7. The van der Waals surface area contributed by atoms with E-state index in [1.165, 1.54) is 18.2 Å². The number of carbonyl (C=O) groups excluding carboxylic acids is 1. The van der Waals surface area contributed by atoms with Crippen molar-refractivity contribution < 1.29 is 9.18 Å². The average molecular weight is 296 g/mol. The molecule has 0 bridgehead atoms. The number of nitrogens with one attached hydrogen (secondary N) is 1. The number of nitrogens with two attached hydrogens (primary N) is 1. The first-order valence-corrected chi connectivity index (χ1v) is 7.30. The normalized spacial score (nSPS) is 10.6. The Morgan fingerprint density at radius 3 is 2.45 bits per heavy atom. The molecule has 0 saturated carbocycles. The highest BCUT2D eigenvalue weighted by Crippen LogP contribution is 2.19. The lowest BCUT2D eigenvalue weighted by Crippen LogP contribution is -2.23. The van der Waals surface area contributed by atoms with Crippen LogP contribution in [0.1, 0.15) is 45.1 Å². The van der Waals surface area contributed by atoms with E-state index in [4.69, 9.17) is 18.0 Å². The van der Waals surface area contributed by atoms with Crippen LogP contribution in [0.25, 0.3) is 0 Å². The molecule has 1 aromatic rings. The van der Waals surface area contributed by atoms with Crippen LogP contribution in [-0.2, 0) is 4.79 Å². The topological polar surface area (TPSA) is 55.1 Å². The van der Waals surface area contributed by atoms with Gasteiger partial charge in [0.2, 0.25) is 5.91 Å². The number of amides is 1. The van der Waals surface area contributed by atoms with Crippen LogP contribution < -0.4 is 11.1 Å². The van der Waals surface area contributed by atoms with Crippen LogP contribution in [0.4, 0.5) is 10.1 Å². The zero-order valence-electron chi connectivity index (χ0n) is 11.9. The molecule has 1 aromatic carbocycles. The van der Waals surface area contributed by atoms with Gasteiger partial charge in [0, 0.05) is 17.2 Å². The standard InChI is InChI=1S/C15H21FN2OS/c1-3-5-10(6-4-2)15(19)18-11-7-8-13(16)12(9-11)14(17)20/h7-10H,3-6H2,1-2H3,(H2,17,20)(H,18,19). The summed E-state index contributed by atoms with van der Waals surface area (Å²) in [4.78, 5) is 12.2. The van der Waals surface area contributed by atoms with Gasteiger partial charge in [-0.1, -0.05) is 38.9 Å². The second-order valence-electron chi connectivity index (χ2n) is 4.82. The first-order valence-electron chi connectivity index (χ1n) is 6.89. The Bertz CT molecular complexity index is 485. The molecule has 0 heterocycles. The van der Waals surface area contributed by atoms with Gasteiger partial charge in [-0.2, -0.15) is 0 Å². The SMILES string of the molecule is CCCC(CCC)C(=O)Nc1ccc(F)c(C(N)=S)c1. The summed E-state index contributed by atoms with van der Waals surface area (Å²) in [6.07, 6.45) is 3.62. The van der Waals surface area contributed by atoms with Crippen molar-refractivity contribution in [2.24, 2.45) is 11.7 Å². The maximum atomic E-state index is 13.5. The van der Waals surface area contributed by atoms with Gasteiger partial charge in [-0.25, -0.2) is 4.39 Å². The van der Waals surface area contributed by atoms with Crippen LogP contribution >= 0.6 is 12.2 Å². The number of hydrogen-bond donors (Lipinski definition) is 2. The number of halogens is 1. The van der Waals surface area contributed by atoms with Crippen LogP contribution in [0.15, 0.2) is 18.2 Å². The molecule has 3 nitrogen and oxygen atoms in total. The molecule has 3 N–H and O–H groups in total. The van der Waals surface area contributed by atoms with Crippen LogP contribution in [0.2, 0.25) is 0 Å². The van der Waals surface area contributed by atoms with E-state index in [0.717, 1.165) is 25.7 Å². The summed E-state index contributed by atoms with van der Waals surface area (Å²) in [5.41, 5.74) is 6.13. The summed E-state index contributed by atoms with van der Waals surface area (Å²) in [5.74, 6) is -0.522. The maximum absolute atomic E-state index is 13.5. The largest absolute Gasteiger partial charge is 0.389 e. The Morgan fingerprint density at radius 1 is 1.35 bits per heavy atom. The third-order valence-electron chi connectivity index (χ3n) is 3.14. The summed E-state index contributed by atoms with van der Waals surface area (Å²) in [6.45, 7) is 4.11. The summed E-state index contributed by atoms with van der Waals surface area (Å²) in [6, 6.07) is 4.26. The third kappa shape index (κ3) is 4.56. The van der Waals surface area contributed by atoms with Crippen LogP contribution in [0, 0.1) is 11.7 Å². The van der Waals surface area contributed by atoms with Crippen molar-refractivity contribution in [3.63, 3.8) is 0 Å². The highest BCUT2D eigenvalue weighted by molar-refractivity contribution is 7.80. The van der Waals surface area contributed by atoms with Gasteiger partial charge in [-0.05, 0) is 31.0 Å². The minimum Gasteiger partial charge on any atom is -0.389 e. The summed E-state index contributed by atoms with van der Waals surface area (Å²) in [7, 11) is 0. The Balaban J connectivity index is 2.84. The van der Waals surface area contributed by atoms with E-state index in [0.29, 0.717) is 5.69 Å². The van der Waals surface area contributed by atoms with Gasteiger partial charge in [0.1, 0.15) is 10.8 Å². The van der Waals surface area contributed by atoms with E-state index in [1.807, 2.05) is 0 Å². The van der Waals surface area contributed by atoms with Gasteiger partial charge in [0.15, 0.2) is 0 Å². The van der Waals surface area contributed by atoms with Gasteiger partial charge < -0.3 is 11.1 Å². The highest BCUT2D eigenvalue weighted by Gasteiger charge is 2.17. The van der Waals surface area contributed by atoms with Crippen molar-refractivity contribution in [3.8, 4) is 0 Å². The molecule has 0 atom stereocenters. The fraction of sp³-hybridized carbons (Fsp3) is 0.467. The molecule has 110 valence electrons. The van der Waals surface area contributed by atoms with Crippen molar-refractivity contribution in [3.05, 3.63) is 29.6 Å². The summed E-state index contributed by atoms with van der Waals surface area (Å²) >= 11 is 4.78. The monoisotopic (exact) mass is 296 g/mol. The second kappa shape index (κ2) is 7.94. The summed E-state index contributed by atoms with van der Waals surface area (Å²) in [5, 5.41) is 2.81. The Kier molecular flexibility index (Phi) is 6.58. The zero-order valence-corrected chi connectivity index (χ0v) is 12.7. The van der Waals surface area contributed by atoms with Crippen molar-refractivity contribution in [2.75, 3.05) is 5.32 Å². The fourth-order valence-electron chi connectivity index (χ4n) is 2.14. The van der Waals surface area contributed by atoms with Crippen molar-refractivity contribution >= 4 is 28.8 Å². The lowest BCUT2D eigenvalue weighted by Gasteiger charge is -2.15. The number of carbonyl (C=O) groups is 1. The molecule has 0 aliphatic heterocycles. The van der Waals surface area contributed by atoms with E-state index in [9.17, 15) is 9.18 Å². The number of anilines is 1. The Morgan fingerprint density at radius 2 is 1.95 bits per heavy atom. The lowest BCUT2D eigenvalue weighted by molar-refractivity contribution is -0.120. The van der Waals surface area contributed by atoms with Gasteiger partial charge >= 0.3 is 0 Å². The van der Waals surface area contributed by atoms with Crippen molar-refractivity contribution in [2.45, 2.75) is 39.5 Å². The number of hydrogen-bond acceptors (Lipinski definition) is 2. The second-order valence-corrected chi connectivity index (χ2v) is 5.26. The number of thiocarbonyl (C=S) groups is 1. The van der Waals surface area contributed by atoms with Crippen LogP contribution in [0.5, 0.6) is 0 Å². The van der Waals surface area contributed by atoms with Gasteiger partial charge in [0.05, 0.1) is 0 Å². The minimum atomic E-state index is -0.478. The molecule has 1 amide bonds. The molecule has 1 rings (SSSR count). The molecule has 0 unspecified atom stereocenters. The summed E-state index contributed by atoms with van der Waals surface area (Å²) < 4.78 is 13.5. The van der Waals surface area contributed by atoms with Crippen molar-refractivity contribution in [1.29, 1.82) is 0 Å². The molecule has 0 saturated heterocycles. The average Bonchev–Trinajstić information content (AvgIpc) is 2.40. The smallest absolute Gasteiger partial charge is 0.227 e. The van der Waals surface area contributed by atoms with E-state index in [1.54, 1.807) is 0 Å². The maximum Gasteiger partial charge on any atom is 0.227 e. The molecular formula is C15H21FN2OS. The van der Waals surface area contributed by atoms with Gasteiger partial charge in [-0.3, -0.25) is 4.79 Å². The van der Waals surface area contributed by atoms with Gasteiger partial charge in [-0.15, -0.1) is 0 Å². The van der Waals surface area contributed by atoms with E-state index in [2.05, 4.69) is 19.2 Å². The van der Waals surface area contributed by atoms with E-state index in [-0.39, 0.29) is 22.4 Å². The Labute approximate surface area is 124 Å². The van der Waals surface area contributed by atoms with Crippen LogP contribution in [0.3, 0.4) is 0 Å². The first-order chi connectivity index (χ1) is 9.49. The molecule has 5 heteroatoms. The van der Waals surface area contributed by atoms with Crippen molar-refractivity contribution in [1.82, 2.24) is 0 Å². The fourth-order valence-corrected chi connectivity index (χ4v) is 2.30. The highest BCUT2D eigenvalue weighted by atomic mass is 32.1. The predicted octanol–water partition coefficient (Wildman–Crippen LogP) is 3.61. The number of benzene rings is 1. The molecule has 0 aliphatic rings. The minimum absolute atomic E-state index is 0.0108. The molecule has 0 aromatic heterocycles.